The third-order valence-corrected chi connectivity index (χ3v) is 2.36. The number of hydrogen-bond donors (Lipinski definition) is 3. The van der Waals surface area contributed by atoms with Gasteiger partial charge in [-0.2, -0.15) is 0 Å². The van der Waals surface area contributed by atoms with Crippen molar-refractivity contribution in [3.05, 3.63) is 16.7 Å². The largest absolute Gasteiger partial charge is 0.489 e. The van der Waals surface area contributed by atoms with E-state index < -0.39 is 0 Å². The molecule has 0 spiro atoms. The highest BCUT2D eigenvalue weighted by molar-refractivity contribution is 5.48. The van der Waals surface area contributed by atoms with Gasteiger partial charge >= 0.3 is 0 Å². The van der Waals surface area contributed by atoms with Crippen LogP contribution >= 0.6 is 0 Å². The van der Waals surface area contributed by atoms with Crippen molar-refractivity contribution in [2.45, 2.75) is 25.8 Å². The SMILES string of the molecule is CCC(CCN)Nc1nc[nH]c(=O)c1OC. The Balaban J connectivity index is 2.87. The third-order valence-electron chi connectivity index (χ3n) is 2.36. The molecule has 6 nitrogen and oxygen atoms in total. The van der Waals surface area contributed by atoms with Gasteiger partial charge in [-0.3, -0.25) is 4.79 Å². The quantitative estimate of drug-likeness (QED) is 0.649. The molecule has 0 amide bonds. The second kappa shape index (κ2) is 6.12. The highest BCUT2D eigenvalue weighted by Crippen LogP contribution is 2.17. The Morgan fingerprint density at radius 2 is 2.44 bits per heavy atom. The lowest BCUT2D eigenvalue weighted by Crippen LogP contribution is -2.24. The van der Waals surface area contributed by atoms with E-state index in [0.717, 1.165) is 12.8 Å². The molecule has 0 saturated carbocycles. The van der Waals surface area contributed by atoms with E-state index in [9.17, 15) is 4.79 Å². The summed E-state index contributed by atoms with van der Waals surface area (Å²) in [5.74, 6) is 0.671. The lowest BCUT2D eigenvalue weighted by atomic mass is 10.1. The minimum absolute atomic E-state index is 0.202. The van der Waals surface area contributed by atoms with Crippen molar-refractivity contribution < 1.29 is 4.74 Å². The second-order valence-electron chi connectivity index (χ2n) is 3.44. The zero-order valence-corrected chi connectivity index (χ0v) is 9.62. The van der Waals surface area contributed by atoms with Crippen LogP contribution in [0.25, 0.3) is 0 Å². The lowest BCUT2D eigenvalue weighted by Gasteiger charge is -2.17. The number of nitrogens with one attached hydrogen (secondary N) is 2. The molecular weight excluding hydrogens is 208 g/mol. The summed E-state index contributed by atoms with van der Waals surface area (Å²) < 4.78 is 5.00. The van der Waals surface area contributed by atoms with E-state index in [4.69, 9.17) is 10.5 Å². The van der Waals surface area contributed by atoms with Gasteiger partial charge in [0.05, 0.1) is 13.4 Å². The number of methoxy groups -OCH3 is 1. The Bertz CT molecular complexity index is 377. The Morgan fingerprint density at radius 1 is 1.69 bits per heavy atom. The summed E-state index contributed by atoms with van der Waals surface area (Å²) in [5, 5.41) is 3.15. The molecule has 1 rings (SSSR count). The fourth-order valence-electron chi connectivity index (χ4n) is 1.45. The van der Waals surface area contributed by atoms with Crippen molar-refractivity contribution in [2.75, 3.05) is 19.0 Å². The van der Waals surface area contributed by atoms with Crippen molar-refractivity contribution in [2.24, 2.45) is 5.73 Å². The average Bonchev–Trinajstić information content (AvgIpc) is 2.28. The Hall–Kier alpha value is -1.56. The van der Waals surface area contributed by atoms with Crippen molar-refractivity contribution in [3.8, 4) is 5.75 Å². The molecule has 0 fully saturated rings. The highest BCUT2D eigenvalue weighted by Gasteiger charge is 2.12. The standard InChI is InChI=1S/C10H18N4O2/c1-3-7(4-5-11)14-9-8(16-2)10(15)13-6-12-9/h6-7H,3-5,11H2,1-2H3,(H2,12,13,14,15). The molecule has 4 N–H and O–H groups in total. The van der Waals surface area contributed by atoms with Crippen molar-refractivity contribution in [1.29, 1.82) is 0 Å². The summed E-state index contributed by atoms with van der Waals surface area (Å²) in [7, 11) is 1.45. The van der Waals surface area contributed by atoms with E-state index >= 15 is 0 Å². The molecule has 0 aliphatic carbocycles. The predicted octanol–water partition coefficient (Wildman–Crippen LogP) is 0.318. The molecule has 1 atom stereocenters. The van der Waals surface area contributed by atoms with Crippen molar-refractivity contribution >= 4 is 5.82 Å². The van der Waals surface area contributed by atoms with Gasteiger partial charge in [0.15, 0.2) is 5.82 Å². The molecular formula is C10H18N4O2. The first-order chi connectivity index (χ1) is 7.72. The van der Waals surface area contributed by atoms with E-state index in [0.29, 0.717) is 12.4 Å². The van der Waals surface area contributed by atoms with Crippen LogP contribution in [0.1, 0.15) is 19.8 Å². The molecule has 1 heterocycles. The van der Waals surface area contributed by atoms with Crippen LogP contribution in [0.4, 0.5) is 5.82 Å². The molecule has 0 aliphatic rings. The maximum atomic E-state index is 11.4. The second-order valence-corrected chi connectivity index (χ2v) is 3.44. The smallest absolute Gasteiger partial charge is 0.295 e. The summed E-state index contributed by atoms with van der Waals surface area (Å²) in [6.45, 7) is 2.64. The van der Waals surface area contributed by atoms with Crippen LogP contribution in [0.15, 0.2) is 11.1 Å². The molecule has 0 radical (unpaired) electrons. The van der Waals surface area contributed by atoms with Crippen LogP contribution in [0, 0.1) is 0 Å². The van der Waals surface area contributed by atoms with Crippen LogP contribution in [0.2, 0.25) is 0 Å². The van der Waals surface area contributed by atoms with Crippen LogP contribution in [0.5, 0.6) is 5.75 Å². The Kier molecular flexibility index (Phi) is 4.78. The minimum atomic E-state index is -0.289. The van der Waals surface area contributed by atoms with Crippen molar-refractivity contribution in [1.82, 2.24) is 9.97 Å². The van der Waals surface area contributed by atoms with E-state index in [1.807, 2.05) is 6.92 Å². The van der Waals surface area contributed by atoms with E-state index in [1.165, 1.54) is 13.4 Å². The summed E-state index contributed by atoms with van der Waals surface area (Å²) in [6, 6.07) is 0.202. The van der Waals surface area contributed by atoms with Gasteiger partial charge < -0.3 is 20.8 Å². The first-order valence-corrected chi connectivity index (χ1v) is 5.31. The monoisotopic (exact) mass is 226 g/mol. The summed E-state index contributed by atoms with van der Waals surface area (Å²) in [6.07, 6.45) is 3.09. The van der Waals surface area contributed by atoms with Crippen LogP contribution < -0.4 is 21.3 Å². The molecule has 0 saturated heterocycles. The van der Waals surface area contributed by atoms with Crippen LogP contribution in [0.3, 0.4) is 0 Å². The number of ether oxygens (including phenoxy) is 1. The van der Waals surface area contributed by atoms with E-state index in [-0.39, 0.29) is 17.4 Å². The lowest BCUT2D eigenvalue weighted by molar-refractivity contribution is 0.407. The number of aromatic amines is 1. The number of nitrogens with zero attached hydrogens (tertiary/aromatic N) is 1. The first-order valence-electron chi connectivity index (χ1n) is 5.31. The molecule has 16 heavy (non-hydrogen) atoms. The minimum Gasteiger partial charge on any atom is -0.489 e. The maximum absolute atomic E-state index is 11.4. The molecule has 90 valence electrons. The molecule has 6 heteroatoms. The summed E-state index contributed by atoms with van der Waals surface area (Å²) in [4.78, 5) is 17.9. The number of rotatable bonds is 6. The molecule has 1 unspecified atom stereocenters. The maximum Gasteiger partial charge on any atom is 0.295 e. The van der Waals surface area contributed by atoms with Gasteiger partial charge in [-0.25, -0.2) is 4.98 Å². The van der Waals surface area contributed by atoms with E-state index in [2.05, 4.69) is 15.3 Å². The highest BCUT2D eigenvalue weighted by atomic mass is 16.5. The number of hydrogen-bond acceptors (Lipinski definition) is 5. The molecule has 0 aromatic carbocycles. The van der Waals surface area contributed by atoms with Gasteiger partial charge in [0.2, 0.25) is 5.75 Å². The Labute approximate surface area is 94.2 Å². The normalized spacial score (nSPS) is 12.2. The van der Waals surface area contributed by atoms with Gasteiger partial charge in [0, 0.05) is 6.04 Å². The molecule has 0 aliphatic heterocycles. The first kappa shape index (κ1) is 12.5. The summed E-state index contributed by atoms with van der Waals surface area (Å²) in [5.41, 5.74) is 5.21. The van der Waals surface area contributed by atoms with Gasteiger partial charge in [0.25, 0.3) is 5.56 Å². The van der Waals surface area contributed by atoms with Gasteiger partial charge in [-0.05, 0) is 19.4 Å². The van der Waals surface area contributed by atoms with Gasteiger partial charge in [-0.15, -0.1) is 0 Å². The number of anilines is 1. The van der Waals surface area contributed by atoms with Gasteiger partial charge in [-0.1, -0.05) is 6.92 Å². The fraction of sp³-hybridized carbons (Fsp3) is 0.600. The van der Waals surface area contributed by atoms with Crippen molar-refractivity contribution in [3.63, 3.8) is 0 Å². The van der Waals surface area contributed by atoms with E-state index in [1.54, 1.807) is 0 Å². The number of H-pyrrole nitrogens is 1. The van der Waals surface area contributed by atoms with Gasteiger partial charge in [0.1, 0.15) is 0 Å². The predicted molar refractivity (Wildman–Crippen MR) is 62.8 cm³/mol. The van der Waals surface area contributed by atoms with Crippen LogP contribution in [-0.2, 0) is 0 Å². The molecule has 1 aromatic heterocycles. The molecule has 1 aromatic rings. The van der Waals surface area contributed by atoms with Crippen LogP contribution in [-0.4, -0.2) is 29.7 Å². The fourth-order valence-corrected chi connectivity index (χ4v) is 1.45. The Morgan fingerprint density at radius 3 is 3.00 bits per heavy atom. The third kappa shape index (κ3) is 2.96. The zero-order valence-electron chi connectivity index (χ0n) is 9.62. The number of aromatic nitrogens is 2. The topological polar surface area (TPSA) is 93.0 Å². The average molecular weight is 226 g/mol. The molecule has 0 bridgehead atoms. The zero-order chi connectivity index (χ0) is 12.0. The number of nitrogens with two attached hydrogens (primary N) is 1. The summed E-state index contributed by atoms with van der Waals surface area (Å²) >= 11 is 0.